The second-order valence-electron chi connectivity index (χ2n) is 5.36. The molecule has 1 fully saturated rings. The molecule has 1 aliphatic heterocycles. The second kappa shape index (κ2) is 6.17. The van der Waals surface area contributed by atoms with Crippen molar-refractivity contribution in [3.05, 3.63) is 29.0 Å². The monoisotopic (exact) mass is 328 g/mol. The van der Waals surface area contributed by atoms with Crippen LogP contribution in [0.2, 0.25) is 5.02 Å². The zero-order chi connectivity index (χ0) is 14.1. The molecule has 1 unspecified atom stereocenters. The van der Waals surface area contributed by atoms with Crippen LogP contribution in [0.15, 0.2) is 18.2 Å². The van der Waals surface area contributed by atoms with Crippen molar-refractivity contribution in [2.75, 3.05) is 11.5 Å². The van der Waals surface area contributed by atoms with Gasteiger partial charge in [-0.2, -0.15) is 11.8 Å². The minimum Gasteiger partial charge on any atom is -0.325 e. The number of imidazole rings is 1. The van der Waals surface area contributed by atoms with E-state index in [-0.39, 0.29) is 5.38 Å². The van der Waals surface area contributed by atoms with Crippen molar-refractivity contribution < 1.29 is 0 Å². The van der Waals surface area contributed by atoms with Gasteiger partial charge in [-0.3, -0.25) is 0 Å². The second-order valence-corrected chi connectivity index (χ2v) is 7.65. The molecule has 20 heavy (non-hydrogen) atoms. The average Bonchev–Trinajstić information content (AvgIpc) is 2.80. The average molecular weight is 329 g/mol. The minimum atomic E-state index is -0.101. The molecule has 0 amide bonds. The third kappa shape index (κ3) is 2.81. The highest BCUT2D eigenvalue weighted by Gasteiger charge is 2.21. The molecule has 1 atom stereocenters. The van der Waals surface area contributed by atoms with Crippen LogP contribution in [0.4, 0.5) is 0 Å². The number of aromatic nitrogens is 2. The Hall–Kier alpha value is -0.380. The Labute approximate surface area is 133 Å². The standard InChI is InChI=1S/C15H18Cl2N2S/c1-10(16)15-18-13-4-2-3-12(17)14(13)19(15)9-11-5-7-20-8-6-11/h2-4,10-11H,5-9H2,1H3. The van der Waals surface area contributed by atoms with Crippen LogP contribution in [0, 0.1) is 5.92 Å². The lowest BCUT2D eigenvalue weighted by Crippen LogP contribution is -2.18. The Morgan fingerprint density at radius 3 is 2.85 bits per heavy atom. The highest BCUT2D eigenvalue weighted by molar-refractivity contribution is 7.99. The lowest BCUT2D eigenvalue weighted by molar-refractivity contribution is 0.415. The third-order valence-electron chi connectivity index (χ3n) is 3.88. The number of rotatable bonds is 3. The Morgan fingerprint density at radius 1 is 1.40 bits per heavy atom. The van der Waals surface area contributed by atoms with Gasteiger partial charge in [-0.1, -0.05) is 17.7 Å². The topological polar surface area (TPSA) is 17.8 Å². The number of benzene rings is 1. The minimum absolute atomic E-state index is 0.101. The first-order chi connectivity index (χ1) is 9.66. The molecule has 5 heteroatoms. The van der Waals surface area contributed by atoms with E-state index in [1.807, 2.05) is 25.1 Å². The van der Waals surface area contributed by atoms with Crippen LogP contribution in [-0.2, 0) is 6.54 Å². The van der Waals surface area contributed by atoms with Crippen LogP contribution in [0.25, 0.3) is 11.0 Å². The molecule has 0 spiro atoms. The van der Waals surface area contributed by atoms with E-state index in [0.717, 1.165) is 28.4 Å². The van der Waals surface area contributed by atoms with E-state index in [1.165, 1.54) is 24.3 Å². The molecule has 0 radical (unpaired) electrons. The molecule has 1 aromatic carbocycles. The molecule has 0 N–H and O–H groups in total. The van der Waals surface area contributed by atoms with Gasteiger partial charge in [-0.05, 0) is 49.3 Å². The van der Waals surface area contributed by atoms with Gasteiger partial charge >= 0.3 is 0 Å². The summed E-state index contributed by atoms with van der Waals surface area (Å²) >= 11 is 14.8. The molecular formula is C15H18Cl2N2S. The number of nitrogens with zero attached hydrogens (tertiary/aromatic N) is 2. The lowest BCUT2D eigenvalue weighted by Gasteiger charge is -2.23. The Balaban J connectivity index is 2.03. The van der Waals surface area contributed by atoms with Crippen LogP contribution in [0.3, 0.4) is 0 Å². The Kier molecular flexibility index (Phi) is 4.49. The van der Waals surface area contributed by atoms with Crippen LogP contribution < -0.4 is 0 Å². The fourth-order valence-corrected chi connectivity index (χ4v) is 4.48. The molecule has 1 saturated heterocycles. The summed E-state index contributed by atoms with van der Waals surface area (Å²) in [5.41, 5.74) is 1.99. The number of fused-ring (bicyclic) bond motifs is 1. The van der Waals surface area contributed by atoms with Gasteiger partial charge in [-0.25, -0.2) is 4.98 Å². The van der Waals surface area contributed by atoms with Crippen molar-refractivity contribution in [2.24, 2.45) is 5.92 Å². The van der Waals surface area contributed by atoms with Gasteiger partial charge in [0.1, 0.15) is 5.82 Å². The van der Waals surface area contributed by atoms with Crippen molar-refractivity contribution in [3.8, 4) is 0 Å². The first kappa shape index (κ1) is 14.6. The molecule has 2 aromatic rings. The first-order valence-electron chi connectivity index (χ1n) is 7.03. The van der Waals surface area contributed by atoms with E-state index in [4.69, 9.17) is 23.2 Å². The first-order valence-corrected chi connectivity index (χ1v) is 9.00. The fraction of sp³-hybridized carbons (Fsp3) is 0.533. The van der Waals surface area contributed by atoms with Crippen LogP contribution in [0.1, 0.15) is 31.0 Å². The van der Waals surface area contributed by atoms with Crippen molar-refractivity contribution in [3.63, 3.8) is 0 Å². The van der Waals surface area contributed by atoms with Gasteiger partial charge in [0, 0.05) is 6.54 Å². The summed E-state index contributed by atoms with van der Waals surface area (Å²) in [5.74, 6) is 4.17. The summed E-state index contributed by atoms with van der Waals surface area (Å²) < 4.78 is 2.25. The van der Waals surface area contributed by atoms with E-state index in [0.29, 0.717) is 5.92 Å². The molecule has 3 rings (SSSR count). The van der Waals surface area contributed by atoms with E-state index in [9.17, 15) is 0 Å². The summed E-state index contributed by atoms with van der Waals surface area (Å²) in [7, 11) is 0. The number of alkyl halides is 1. The van der Waals surface area contributed by atoms with E-state index in [1.54, 1.807) is 0 Å². The fourth-order valence-electron chi connectivity index (χ4n) is 2.84. The molecular weight excluding hydrogens is 311 g/mol. The maximum Gasteiger partial charge on any atom is 0.127 e. The third-order valence-corrected chi connectivity index (χ3v) is 5.43. The zero-order valence-electron chi connectivity index (χ0n) is 11.5. The Morgan fingerprint density at radius 2 is 2.15 bits per heavy atom. The summed E-state index contributed by atoms with van der Waals surface area (Å²) in [6, 6.07) is 5.89. The van der Waals surface area contributed by atoms with Gasteiger partial charge in [0.05, 0.1) is 21.4 Å². The maximum absolute atomic E-state index is 6.39. The highest BCUT2D eigenvalue weighted by atomic mass is 35.5. The van der Waals surface area contributed by atoms with Crippen molar-refractivity contribution >= 4 is 46.0 Å². The molecule has 0 bridgehead atoms. The quantitative estimate of drug-likeness (QED) is 0.726. The van der Waals surface area contributed by atoms with Crippen molar-refractivity contribution in [2.45, 2.75) is 31.7 Å². The summed E-state index contributed by atoms with van der Waals surface area (Å²) in [6.45, 7) is 2.96. The molecule has 0 saturated carbocycles. The van der Waals surface area contributed by atoms with E-state index < -0.39 is 0 Å². The lowest BCUT2D eigenvalue weighted by atomic mass is 10.0. The van der Waals surface area contributed by atoms with Crippen LogP contribution in [-0.4, -0.2) is 21.1 Å². The van der Waals surface area contributed by atoms with Crippen molar-refractivity contribution in [1.29, 1.82) is 0 Å². The van der Waals surface area contributed by atoms with Gasteiger partial charge in [-0.15, -0.1) is 11.6 Å². The molecule has 1 aliphatic rings. The number of halogens is 2. The predicted octanol–water partition coefficient (Wildman–Crippen LogP) is 5.13. The normalized spacial score (nSPS) is 18.6. The Bertz CT molecular complexity index is 603. The molecule has 2 heterocycles. The summed E-state index contributed by atoms with van der Waals surface area (Å²) in [5, 5.41) is 0.667. The highest BCUT2D eigenvalue weighted by Crippen LogP contribution is 2.32. The predicted molar refractivity (Wildman–Crippen MR) is 89.1 cm³/mol. The SMILES string of the molecule is CC(Cl)c1nc2cccc(Cl)c2n1CC1CCSCC1. The van der Waals surface area contributed by atoms with Gasteiger partial charge in [0.15, 0.2) is 0 Å². The van der Waals surface area contributed by atoms with Crippen LogP contribution in [0.5, 0.6) is 0 Å². The molecule has 1 aromatic heterocycles. The van der Waals surface area contributed by atoms with Gasteiger partial charge < -0.3 is 4.57 Å². The van der Waals surface area contributed by atoms with E-state index >= 15 is 0 Å². The molecule has 2 nitrogen and oxygen atoms in total. The van der Waals surface area contributed by atoms with Crippen LogP contribution >= 0.6 is 35.0 Å². The largest absolute Gasteiger partial charge is 0.325 e. The summed E-state index contributed by atoms with van der Waals surface area (Å²) in [6.07, 6.45) is 2.54. The summed E-state index contributed by atoms with van der Waals surface area (Å²) in [4.78, 5) is 4.68. The maximum atomic E-state index is 6.39. The molecule has 108 valence electrons. The smallest absolute Gasteiger partial charge is 0.127 e. The van der Waals surface area contributed by atoms with Crippen molar-refractivity contribution in [1.82, 2.24) is 9.55 Å². The zero-order valence-corrected chi connectivity index (χ0v) is 13.8. The van der Waals surface area contributed by atoms with Gasteiger partial charge in [0.2, 0.25) is 0 Å². The number of para-hydroxylation sites is 1. The number of thioether (sulfide) groups is 1. The van der Waals surface area contributed by atoms with Gasteiger partial charge in [0.25, 0.3) is 0 Å². The van der Waals surface area contributed by atoms with E-state index in [2.05, 4.69) is 21.3 Å². The number of hydrogen-bond acceptors (Lipinski definition) is 2. The molecule has 0 aliphatic carbocycles. The number of hydrogen-bond donors (Lipinski definition) is 0.